The lowest BCUT2D eigenvalue weighted by molar-refractivity contribution is -0.137. The first-order valence-corrected chi connectivity index (χ1v) is 11.8. The van der Waals surface area contributed by atoms with Crippen LogP contribution in [0.15, 0.2) is 97.2 Å². The van der Waals surface area contributed by atoms with Crippen molar-refractivity contribution in [3.8, 4) is 5.69 Å². The molecule has 36 heavy (non-hydrogen) atoms. The Balaban J connectivity index is 1.79. The minimum atomic E-state index is -4.71. The zero-order valence-electron chi connectivity index (χ0n) is 19.4. The van der Waals surface area contributed by atoms with Crippen molar-refractivity contribution in [2.75, 3.05) is 13.1 Å². The van der Waals surface area contributed by atoms with Crippen molar-refractivity contribution in [2.24, 2.45) is 0 Å². The van der Waals surface area contributed by atoms with Gasteiger partial charge in [0.2, 0.25) is 0 Å². The van der Waals surface area contributed by atoms with E-state index in [1.54, 1.807) is 77.7 Å². The quantitative estimate of drug-likeness (QED) is 0.372. The number of hydrogen-bond donors (Lipinski definition) is 1. The van der Waals surface area contributed by atoms with Crippen molar-refractivity contribution < 1.29 is 23.1 Å². The maximum atomic E-state index is 14.3. The number of rotatable bonds is 5. The molecule has 184 valence electrons. The summed E-state index contributed by atoms with van der Waals surface area (Å²) in [5, 5.41) is 12.3. The highest BCUT2D eigenvalue weighted by atomic mass is 19.4. The minimum Gasteiger partial charge on any atom is -0.375 e. The van der Waals surface area contributed by atoms with Gasteiger partial charge in [0.15, 0.2) is 5.60 Å². The van der Waals surface area contributed by atoms with Crippen LogP contribution in [-0.4, -0.2) is 33.6 Å². The van der Waals surface area contributed by atoms with Gasteiger partial charge in [0.1, 0.15) is 0 Å². The normalized spacial score (nSPS) is 14.3. The highest BCUT2D eigenvalue weighted by Gasteiger charge is 2.41. The number of carbonyl (C=O) groups excluding carboxylic acids is 1. The molecular formula is C29H25F3N2O2. The summed E-state index contributed by atoms with van der Waals surface area (Å²) in [7, 11) is 0. The molecule has 2 heterocycles. The number of aromatic nitrogens is 1. The van der Waals surface area contributed by atoms with Gasteiger partial charge < -0.3 is 14.6 Å². The number of likely N-dealkylation sites (tertiary alicyclic amines) is 1. The third-order valence-electron chi connectivity index (χ3n) is 6.71. The van der Waals surface area contributed by atoms with Crippen molar-refractivity contribution in [1.29, 1.82) is 0 Å². The van der Waals surface area contributed by atoms with Gasteiger partial charge in [-0.3, -0.25) is 4.79 Å². The summed E-state index contributed by atoms with van der Waals surface area (Å²) < 4.78 is 44.3. The predicted molar refractivity (Wildman–Crippen MR) is 131 cm³/mol. The van der Waals surface area contributed by atoms with E-state index < -0.39 is 23.2 Å². The molecule has 1 aliphatic heterocycles. The Bertz CT molecular complexity index is 1320. The van der Waals surface area contributed by atoms with Crippen molar-refractivity contribution in [3.05, 3.63) is 125 Å². The molecule has 1 aliphatic rings. The van der Waals surface area contributed by atoms with Crippen LogP contribution in [0.25, 0.3) is 5.69 Å². The van der Waals surface area contributed by atoms with Crippen LogP contribution >= 0.6 is 0 Å². The van der Waals surface area contributed by atoms with E-state index in [1.165, 1.54) is 22.9 Å². The van der Waals surface area contributed by atoms with Gasteiger partial charge in [0.25, 0.3) is 5.91 Å². The lowest BCUT2D eigenvalue weighted by Gasteiger charge is -2.32. The molecule has 7 heteroatoms. The molecule has 1 N–H and O–H groups in total. The molecule has 0 saturated carbocycles. The van der Waals surface area contributed by atoms with Crippen LogP contribution in [0.5, 0.6) is 0 Å². The van der Waals surface area contributed by atoms with Crippen LogP contribution in [0.1, 0.15) is 45.6 Å². The van der Waals surface area contributed by atoms with Crippen molar-refractivity contribution in [3.63, 3.8) is 0 Å². The number of benzene rings is 3. The number of nitrogens with zero attached hydrogens (tertiary/aromatic N) is 2. The first-order chi connectivity index (χ1) is 17.3. The molecule has 0 radical (unpaired) electrons. The zero-order chi connectivity index (χ0) is 25.3. The van der Waals surface area contributed by atoms with E-state index in [0.29, 0.717) is 24.2 Å². The summed E-state index contributed by atoms with van der Waals surface area (Å²) in [6.07, 6.45) is -1.61. The van der Waals surface area contributed by atoms with Gasteiger partial charge in [-0.25, -0.2) is 0 Å². The second-order valence-electron chi connectivity index (χ2n) is 8.90. The summed E-state index contributed by atoms with van der Waals surface area (Å²) in [5.41, 5.74) is -1.86. The molecule has 1 fully saturated rings. The SMILES string of the molecule is O=C(c1cccc(C(F)(F)F)c1-n1cccc1C(O)(c1ccccc1)c1ccccc1)N1CCCC1. The average molecular weight is 491 g/mol. The Hall–Kier alpha value is -3.84. The first kappa shape index (κ1) is 23.9. The molecule has 5 rings (SSSR count). The number of alkyl halides is 3. The zero-order valence-corrected chi connectivity index (χ0v) is 19.4. The van der Waals surface area contributed by atoms with Gasteiger partial charge in [-0.05, 0) is 48.2 Å². The summed E-state index contributed by atoms with van der Waals surface area (Å²) in [4.78, 5) is 15.0. The van der Waals surface area contributed by atoms with Crippen molar-refractivity contribution >= 4 is 5.91 Å². The highest BCUT2D eigenvalue weighted by molar-refractivity contribution is 5.98. The lowest BCUT2D eigenvalue weighted by atomic mass is 9.83. The van der Waals surface area contributed by atoms with Crippen LogP contribution < -0.4 is 0 Å². The minimum absolute atomic E-state index is 0.0485. The first-order valence-electron chi connectivity index (χ1n) is 11.8. The number of halogens is 3. The van der Waals surface area contributed by atoms with E-state index in [2.05, 4.69) is 0 Å². The molecule has 0 unspecified atom stereocenters. The molecule has 1 amide bonds. The molecule has 0 aliphatic carbocycles. The topological polar surface area (TPSA) is 45.5 Å². The van der Waals surface area contributed by atoms with Crippen molar-refractivity contribution in [1.82, 2.24) is 9.47 Å². The second kappa shape index (κ2) is 9.32. The van der Waals surface area contributed by atoms with Gasteiger partial charge in [-0.15, -0.1) is 0 Å². The van der Waals surface area contributed by atoms with Crippen LogP contribution in [0.3, 0.4) is 0 Å². The van der Waals surface area contributed by atoms with E-state index in [-0.39, 0.29) is 16.9 Å². The van der Waals surface area contributed by atoms with E-state index in [1.807, 2.05) is 0 Å². The summed E-state index contributed by atoms with van der Waals surface area (Å²) in [5.74, 6) is -0.448. The number of amides is 1. The molecule has 1 saturated heterocycles. The monoisotopic (exact) mass is 490 g/mol. The van der Waals surface area contributed by atoms with Gasteiger partial charge in [0.05, 0.1) is 22.5 Å². The summed E-state index contributed by atoms with van der Waals surface area (Å²) in [6.45, 7) is 1.01. The Morgan fingerprint density at radius 3 is 1.89 bits per heavy atom. The molecule has 4 nitrogen and oxygen atoms in total. The largest absolute Gasteiger partial charge is 0.418 e. The van der Waals surface area contributed by atoms with Crippen LogP contribution in [0.2, 0.25) is 0 Å². The van der Waals surface area contributed by atoms with Gasteiger partial charge in [-0.1, -0.05) is 66.7 Å². The Morgan fingerprint density at radius 2 is 1.33 bits per heavy atom. The lowest BCUT2D eigenvalue weighted by Crippen LogP contribution is -2.33. The van der Waals surface area contributed by atoms with Crippen LogP contribution in [0, 0.1) is 0 Å². The second-order valence-corrected chi connectivity index (χ2v) is 8.90. The Labute approximate surface area is 207 Å². The fraction of sp³-hybridized carbons (Fsp3) is 0.207. The molecule has 0 bridgehead atoms. The van der Waals surface area contributed by atoms with Crippen molar-refractivity contribution in [2.45, 2.75) is 24.6 Å². The molecular weight excluding hydrogens is 465 g/mol. The maximum Gasteiger partial charge on any atom is 0.418 e. The van der Waals surface area contributed by atoms with E-state index in [0.717, 1.165) is 18.9 Å². The van der Waals surface area contributed by atoms with E-state index in [4.69, 9.17) is 0 Å². The van der Waals surface area contributed by atoms with E-state index >= 15 is 0 Å². The number of hydrogen-bond acceptors (Lipinski definition) is 2. The van der Waals surface area contributed by atoms with Crippen LogP contribution in [-0.2, 0) is 11.8 Å². The standard InChI is InChI=1S/C29H25F3N2O2/c30-29(31,32)24-16-9-15-23(27(35)33-18-7-8-19-33)26(24)34-20-10-17-25(34)28(36,21-11-3-1-4-12-21)22-13-5-2-6-14-22/h1-6,9-17,20,36H,7-8,18-19H2. The number of carbonyl (C=O) groups is 1. The summed E-state index contributed by atoms with van der Waals surface area (Å²) >= 11 is 0. The fourth-order valence-corrected chi connectivity index (χ4v) is 4.99. The molecule has 1 aromatic heterocycles. The maximum absolute atomic E-state index is 14.3. The molecule has 0 atom stereocenters. The van der Waals surface area contributed by atoms with E-state index in [9.17, 15) is 23.1 Å². The fourth-order valence-electron chi connectivity index (χ4n) is 4.99. The molecule has 3 aromatic carbocycles. The third kappa shape index (κ3) is 4.09. The predicted octanol–water partition coefficient (Wildman–Crippen LogP) is 6.02. The smallest absolute Gasteiger partial charge is 0.375 e. The number of aliphatic hydroxyl groups is 1. The summed E-state index contributed by atoms with van der Waals surface area (Å²) in [6, 6.07) is 24.5. The Morgan fingerprint density at radius 1 is 0.750 bits per heavy atom. The van der Waals surface area contributed by atoms with Crippen LogP contribution in [0.4, 0.5) is 13.2 Å². The van der Waals surface area contributed by atoms with Gasteiger partial charge in [0, 0.05) is 19.3 Å². The number of para-hydroxylation sites is 1. The van der Waals surface area contributed by atoms with Gasteiger partial charge >= 0.3 is 6.18 Å². The highest BCUT2D eigenvalue weighted by Crippen LogP contribution is 2.42. The average Bonchev–Trinajstić information content (AvgIpc) is 3.61. The third-order valence-corrected chi connectivity index (χ3v) is 6.71. The molecule has 0 spiro atoms. The van der Waals surface area contributed by atoms with Gasteiger partial charge in [-0.2, -0.15) is 13.2 Å². The Kier molecular flexibility index (Phi) is 6.18. The molecule has 4 aromatic rings.